The minimum absolute atomic E-state index is 0.608. The van der Waals surface area contributed by atoms with E-state index >= 15 is 0 Å². The van der Waals surface area contributed by atoms with Crippen molar-refractivity contribution in [2.75, 3.05) is 20.1 Å². The fraction of sp³-hybridized carbons (Fsp3) is 0.818. The Morgan fingerprint density at radius 1 is 1.56 bits per heavy atom. The van der Waals surface area contributed by atoms with Crippen LogP contribution in [-0.2, 0) is 13.1 Å². The molecule has 0 bridgehead atoms. The molecule has 2 heterocycles. The van der Waals surface area contributed by atoms with Crippen LogP contribution < -0.4 is 5.32 Å². The smallest absolute Gasteiger partial charge is 0.140 e. The highest BCUT2D eigenvalue weighted by Crippen LogP contribution is 2.07. The van der Waals surface area contributed by atoms with Gasteiger partial charge >= 0.3 is 0 Å². The molecule has 1 aromatic heterocycles. The lowest BCUT2D eigenvalue weighted by Gasteiger charge is -2.12. The first-order valence-corrected chi connectivity index (χ1v) is 6.08. The van der Waals surface area contributed by atoms with E-state index in [2.05, 4.69) is 34.3 Å². The third-order valence-electron chi connectivity index (χ3n) is 3.07. The van der Waals surface area contributed by atoms with Crippen LogP contribution in [0.3, 0.4) is 0 Å². The zero-order valence-corrected chi connectivity index (χ0v) is 10.2. The maximum absolute atomic E-state index is 4.29. The van der Waals surface area contributed by atoms with Gasteiger partial charge < -0.3 is 10.2 Å². The number of rotatable bonds is 5. The molecule has 2 rings (SSSR count). The van der Waals surface area contributed by atoms with Gasteiger partial charge in [-0.05, 0) is 26.4 Å². The van der Waals surface area contributed by atoms with Crippen LogP contribution in [0.1, 0.15) is 25.6 Å². The van der Waals surface area contributed by atoms with Crippen molar-refractivity contribution in [2.45, 2.75) is 38.9 Å². The zero-order valence-electron chi connectivity index (χ0n) is 10.2. The molecular formula is C11H21N5. The van der Waals surface area contributed by atoms with Crippen molar-refractivity contribution in [1.82, 2.24) is 25.0 Å². The highest BCUT2D eigenvalue weighted by molar-refractivity contribution is 4.87. The molecule has 1 fully saturated rings. The van der Waals surface area contributed by atoms with Gasteiger partial charge in [-0.1, -0.05) is 6.92 Å². The molecule has 0 radical (unpaired) electrons. The quantitative estimate of drug-likeness (QED) is 0.789. The number of nitrogens with zero attached hydrogens (tertiary/aromatic N) is 4. The van der Waals surface area contributed by atoms with Crippen molar-refractivity contribution < 1.29 is 0 Å². The second kappa shape index (κ2) is 5.41. The molecule has 90 valence electrons. The monoisotopic (exact) mass is 223 g/mol. The van der Waals surface area contributed by atoms with Crippen molar-refractivity contribution in [1.29, 1.82) is 0 Å². The van der Waals surface area contributed by atoms with E-state index in [1.807, 2.05) is 4.68 Å². The second-order valence-electron chi connectivity index (χ2n) is 4.53. The van der Waals surface area contributed by atoms with E-state index in [0.29, 0.717) is 6.04 Å². The van der Waals surface area contributed by atoms with Gasteiger partial charge in [-0.15, -0.1) is 0 Å². The summed E-state index contributed by atoms with van der Waals surface area (Å²) in [5.41, 5.74) is 0. The average Bonchev–Trinajstić information content (AvgIpc) is 2.85. The van der Waals surface area contributed by atoms with Gasteiger partial charge in [0.2, 0.25) is 0 Å². The predicted molar refractivity (Wildman–Crippen MR) is 63.1 cm³/mol. The van der Waals surface area contributed by atoms with Crippen LogP contribution in [0, 0.1) is 0 Å². The third-order valence-corrected chi connectivity index (χ3v) is 3.07. The van der Waals surface area contributed by atoms with Gasteiger partial charge in [0, 0.05) is 19.1 Å². The first kappa shape index (κ1) is 11.5. The van der Waals surface area contributed by atoms with Gasteiger partial charge in [-0.3, -0.25) is 0 Å². The standard InChI is InChI=1S/C11H21N5/c1-3-5-16-11(13-9-14-16)7-12-10-4-6-15(2)8-10/h9-10,12H,3-8H2,1-2H3. The largest absolute Gasteiger partial charge is 0.306 e. The Bertz CT molecular complexity index is 322. The summed E-state index contributed by atoms with van der Waals surface area (Å²) in [6.07, 6.45) is 3.98. The molecule has 0 spiro atoms. The molecule has 5 nitrogen and oxygen atoms in total. The molecule has 1 unspecified atom stereocenters. The topological polar surface area (TPSA) is 46.0 Å². The summed E-state index contributed by atoms with van der Waals surface area (Å²) in [6, 6.07) is 0.608. The molecule has 1 aliphatic rings. The molecular weight excluding hydrogens is 202 g/mol. The molecule has 0 amide bonds. The van der Waals surface area contributed by atoms with E-state index in [0.717, 1.165) is 31.9 Å². The Morgan fingerprint density at radius 3 is 3.12 bits per heavy atom. The lowest BCUT2D eigenvalue weighted by Crippen LogP contribution is -2.32. The Hall–Kier alpha value is -0.940. The Morgan fingerprint density at radius 2 is 2.44 bits per heavy atom. The summed E-state index contributed by atoms with van der Waals surface area (Å²) in [7, 11) is 2.17. The third kappa shape index (κ3) is 2.80. The van der Waals surface area contributed by atoms with Crippen LogP contribution in [0.5, 0.6) is 0 Å². The van der Waals surface area contributed by atoms with Gasteiger partial charge in [-0.25, -0.2) is 9.67 Å². The predicted octanol–water partition coefficient (Wildman–Crippen LogP) is 0.482. The highest BCUT2D eigenvalue weighted by Gasteiger charge is 2.19. The number of hydrogen-bond acceptors (Lipinski definition) is 4. The summed E-state index contributed by atoms with van der Waals surface area (Å²) in [5, 5.41) is 7.77. The van der Waals surface area contributed by atoms with Crippen LogP contribution in [0.15, 0.2) is 6.33 Å². The number of hydrogen-bond donors (Lipinski definition) is 1. The molecule has 1 atom stereocenters. The molecule has 1 aliphatic heterocycles. The summed E-state index contributed by atoms with van der Waals surface area (Å²) in [5.74, 6) is 1.05. The van der Waals surface area contributed by atoms with Crippen LogP contribution in [0.2, 0.25) is 0 Å². The first-order valence-electron chi connectivity index (χ1n) is 6.08. The van der Waals surface area contributed by atoms with Gasteiger partial charge in [0.15, 0.2) is 0 Å². The van der Waals surface area contributed by atoms with E-state index in [1.54, 1.807) is 6.33 Å². The number of aromatic nitrogens is 3. The Kier molecular flexibility index (Phi) is 3.90. The molecule has 0 aromatic carbocycles. The van der Waals surface area contributed by atoms with Crippen molar-refractivity contribution in [2.24, 2.45) is 0 Å². The summed E-state index contributed by atoms with van der Waals surface area (Å²) < 4.78 is 1.99. The molecule has 0 aliphatic carbocycles. The van der Waals surface area contributed by atoms with Crippen molar-refractivity contribution >= 4 is 0 Å². The lowest BCUT2D eigenvalue weighted by molar-refractivity contribution is 0.395. The summed E-state index contributed by atoms with van der Waals surface area (Å²) >= 11 is 0. The van der Waals surface area contributed by atoms with Crippen molar-refractivity contribution in [3.63, 3.8) is 0 Å². The lowest BCUT2D eigenvalue weighted by atomic mass is 10.2. The van der Waals surface area contributed by atoms with Crippen LogP contribution in [0.25, 0.3) is 0 Å². The summed E-state index contributed by atoms with van der Waals surface area (Å²) in [6.45, 7) is 6.28. The Labute approximate surface area is 96.8 Å². The number of aryl methyl sites for hydroxylation is 1. The van der Waals surface area contributed by atoms with Crippen LogP contribution in [-0.4, -0.2) is 45.8 Å². The molecule has 0 saturated carbocycles. The number of likely N-dealkylation sites (N-methyl/N-ethyl adjacent to an activating group) is 1. The molecule has 1 N–H and O–H groups in total. The second-order valence-corrected chi connectivity index (χ2v) is 4.53. The number of nitrogens with one attached hydrogen (secondary N) is 1. The van der Waals surface area contributed by atoms with Gasteiger partial charge in [0.25, 0.3) is 0 Å². The first-order chi connectivity index (χ1) is 7.79. The van der Waals surface area contributed by atoms with Gasteiger partial charge in [0.05, 0.1) is 6.54 Å². The van der Waals surface area contributed by atoms with E-state index in [9.17, 15) is 0 Å². The molecule has 5 heteroatoms. The van der Waals surface area contributed by atoms with E-state index in [4.69, 9.17) is 0 Å². The van der Waals surface area contributed by atoms with E-state index in [1.165, 1.54) is 13.0 Å². The molecule has 16 heavy (non-hydrogen) atoms. The summed E-state index contributed by atoms with van der Waals surface area (Å²) in [4.78, 5) is 6.65. The normalized spacial score (nSPS) is 21.8. The van der Waals surface area contributed by atoms with Crippen molar-refractivity contribution in [3.05, 3.63) is 12.2 Å². The van der Waals surface area contributed by atoms with Crippen LogP contribution in [0.4, 0.5) is 0 Å². The van der Waals surface area contributed by atoms with Crippen LogP contribution >= 0.6 is 0 Å². The highest BCUT2D eigenvalue weighted by atomic mass is 15.3. The van der Waals surface area contributed by atoms with Crippen molar-refractivity contribution in [3.8, 4) is 0 Å². The van der Waals surface area contributed by atoms with Gasteiger partial charge in [-0.2, -0.15) is 5.10 Å². The fourth-order valence-electron chi connectivity index (χ4n) is 2.16. The number of likely N-dealkylation sites (tertiary alicyclic amines) is 1. The minimum atomic E-state index is 0.608. The van der Waals surface area contributed by atoms with E-state index < -0.39 is 0 Å². The SMILES string of the molecule is CCCn1ncnc1CNC1CCN(C)C1. The maximum atomic E-state index is 4.29. The van der Waals surface area contributed by atoms with E-state index in [-0.39, 0.29) is 0 Å². The fourth-order valence-corrected chi connectivity index (χ4v) is 2.16. The average molecular weight is 223 g/mol. The molecule has 1 saturated heterocycles. The minimum Gasteiger partial charge on any atom is -0.306 e. The maximum Gasteiger partial charge on any atom is 0.140 e. The van der Waals surface area contributed by atoms with Gasteiger partial charge in [0.1, 0.15) is 12.2 Å². The zero-order chi connectivity index (χ0) is 11.4. The Balaban J connectivity index is 1.82. The molecule has 1 aromatic rings.